The van der Waals surface area contributed by atoms with Crippen LogP contribution in [0.15, 0.2) is 12.5 Å². The number of hydrogen-bond acceptors (Lipinski definition) is 4. The number of nitrogens with one attached hydrogen (secondary N) is 1. The Bertz CT molecular complexity index is 358. The Hall–Kier alpha value is -0.870. The Balaban J connectivity index is 2.13. The van der Waals surface area contributed by atoms with E-state index in [1.807, 2.05) is 0 Å². The second kappa shape index (κ2) is 6.17. The summed E-state index contributed by atoms with van der Waals surface area (Å²) in [6.45, 7) is 5.16. The quantitative estimate of drug-likeness (QED) is 0.894. The van der Waals surface area contributed by atoms with E-state index in [2.05, 4.69) is 27.1 Å². The summed E-state index contributed by atoms with van der Waals surface area (Å²) in [5.41, 5.74) is 0. The molecule has 1 aromatic rings. The Morgan fingerprint density at radius 3 is 3.18 bits per heavy atom. The number of piperidine rings is 1. The predicted octanol–water partition coefficient (Wildman–Crippen LogP) is 2.10. The average Bonchev–Trinajstić information content (AvgIpc) is 2.37. The van der Waals surface area contributed by atoms with Gasteiger partial charge in [0.2, 0.25) is 0 Å². The maximum Gasteiger partial charge on any atom is 0.151 e. The molecule has 1 N–H and O–H groups in total. The predicted molar refractivity (Wildman–Crippen MR) is 70.6 cm³/mol. The highest BCUT2D eigenvalue weighted by Crippen LogP contribution is 2.27. The first-order chi connectivity index (χ1) is 8.33. The number of anilines is 1. The molecule has 2 rings (SSSR count). The molecule has 0 amide bonds. The average molecular weight is 255 g/mol. The topological polar surface area (TPSA) is 41.0 Å². The van der Waals surface area contributed by atoms with Crippen molar-refractivity contribution in [2.75, 3.05) is 24.5 Å². The molecular formula is C12H19ClN4. The van der Waals surface area contributed by atoms with Gasteiger partial charge in [0.1, 0.15) is 11.3 Å². The van der Waals surface area contributed by atoms with E-state index in [1.165, 1.54) is 19.3 Å². The fourth-order valence-electron chi connectivity index (χ4n) is 2.32. The first-order valence-electron chi connectivity index (χ1n) is 6.25. The largest absolute Gasteiger partial charge is 0.351 e. The van der Waals surface area contributed by atoms with Crippen LogP contribution in [-0.2, 0) is 0 Å². The number of hydrogen-bond donors (Lipinski definition) is 1. The molecule has 0 radical (unpaired) electrons. The Morgan fingerprint density at radius 1 is 1.53 bits per heavy atom. The monoisotopic (exact) mass is 254 g/mol. The van der Waals surface area contributed by atoms with Crippen molar-refractivity contribution in [2.45, 2.75) is 32.2 Å². The van der Waals surface area contributed by atoms with Crippen LogP contribution in [0.2, 0.25) is 5.02 Å². The lowest BCUT2D eigenvalue weighted by Crippen LogP contribution is -2.46. The lowest BCUT2D eigenvalue weighted by atomic mass is 10.0. The Morgan fingerprint density at radius 2 is 2.41 bits per heavy atom. The molecule has 5 heteroatoms. The smallest absolute Gasteiger partial charge is 0.151 e. The van der Waals surface area contributed by atoms with Crippen molar-refractivity contribution < 1.29 is 0 Å². The van der Waals surface area contributed by atoms with Crippen LogP contribution in [0.1, 0.15) is 26.2 Å². The van der Waals surface area contributed by atoms with Gasteiger partial charge in [-0.3, -0.25) is 0 Å². The molecule has 94 valence electrons. The van der Waals surface area contributed by atoms with Gasteiger partial charge in [-0.15, -0.1) is 0 Å². The first-order valence-corrected chi connectivity index (χ1v) is 6.63. The molecule has 4 nitrogen and oxygen atoms in total. The molecule has 0 aliphatic carbocycles. The minimum atomic E-state index is 0.496. The summed E-state index contributed by atoms with van der Waals surface area (Å²) in [5, 5.41) is 4.06. The van der Waals surface area contributed by atoms with Gasteiger partial charge < -0.3 is 10.2 Å². The van der Waals surface area contributed by atoms with Gasteiger partial charge in [0.25, 0.3) is 0 Å². The van der Waals surface area contributed by atoms with Gasteiger partial charge in [0, 0.05) is 19.1 Å². The van der Waals surface area contributed by atoms with Gasteiger partial charge in [-0.1, -0.05) is 18.5 Å². The highest BCUT2D eigenvalue weighted by molar-refractivity contribution is 6.32. The van der Waals surface area contributed by atoms with Crippen LogP contribution < -0.4 is 10.2 Å². The lowest BCUT2D eigenvalue weighted by molar-refractivity contribution is 0.436. The van der Waals surface area contributed by atoms with Gasteiger partial charge in [-0.25, -0.2) is 9.97 Å². The van der Waals surface area contributed by atoms with Crippen molar-refractivity contribution in [2.24, 2.45) is 0 Å². The number of aromatic nitrogens is 2. The van der Waals surface area contributed by atoms with Gasteiger partial charge in [-0.05, 0) is 25.8 Å². The van der Waals surface area contributed by atoms with E-state index in [1.54, 1.807) is 12.5 Å². The first kappa shape index (κ1) is 12.6. The van der Waals surface area contributed by atoms with Crippen molar-refractivity contribution >= 4 is 17.4 Å². The van der Waals surface area contributed by atoms with Crippen LogP contribution in [0.4, 0.5) is 5.82 Å². The lowest BCUT2D eigenvalue weighted by Gasteiger charge is -2.37. The molecule has 0 bridgehead atoms. The maximum absolute atomic E-state index is 6.17. The summed E-state index contributed by atoms with van der Waals surface area (Å²) in [4.78, 5) is 10.6. The van der Waals surface area contributed by atoms with E-state index in [0.29, 0.717) is 11.1 Å². The number of rotatable bonds is 4. The molecule has 0 spiro atoms. The SMILES string of the molecule is CCNCC1CCCCN1c1ncncc1Cl. The van der Waals surface area contributed by atoms with Gasteiger partial charge in [0.05, 0.1) is 6.20 Å². The summed E-state index contributed by atoms with van der Waals surface area (Å²) in [6, 6.07) is 0.496. The number of halogens is 1. The van der Waals surface area contributed by atoms with Crippen LogP contribution in [0.5, 0.6) is 0 Å². The van der Waals surface area contributed by atoms with Gasteiger partial charge in [0.15, 0.2) is 5.82 Å². The summed E-state index contributed by atoms with van der Waals surface area (Å²) in [6.07, 6.45) is 6.94. The second-order valence-electron chi connectivity index (χ2n) is 4.34. The second-order valence-corrected chi connectivity index (χ2v) is 4.75. The molecule has 1 atom stereocenters. The standard InChI is InChI=1S/C12H19ClN4/c1-2-14-7-10-5-3-4-6-17(10)12-11(13)8-15-9-16-12/h8-10,14H,2-7H2,1H3. The molecule has 1 fully saturated rings. The fraction of sp³-hybridized carbons (Fsp3) is 0.667. The molecule has 1 saturated heterocycles. The molecular weight excluding hydrogens is 236 g/mol. The van der Waals surface area contributed by atoms with E-state index in [9.17, 15) is 0 Å². The molecule has 0 aromatic carbocycles. The van der Waals surface area contributed by atoms with Crippen molar-refractivity contribution in [1.82, 2.24) is 15.3 Å². The molecule has 17 heavy (non-hydrogen) atoms. The molecule has 1 aromatic heterocycles. The highest BCUT2D eigenvalue weighted by atomic mass is 35.5. The van der Waals surface area contributed by atoms with Crippen LogP contribution in [0.25, 0.3) is 0 Å². The van der Waals surface area contributed by atoms with Crippen molar-refractivity contribution in [3.05, 3.63) is 17.5 Å². The Labute approximate surface area is 107 Å². The zero-order valence-electron chi connectivity index (χ0n) is 10.2. The van der Waals surface area contributed by atoms with Crippen LogP contribution >= 0.6 is 11.6 Å². The molecule has 1 unspecified atom stereocenters. The van der Waals surface area contributed by atoms with E-state index >= 15 is 0 Å². The molecule has 1 aliphatic heterocycles. The molecule has 2 heterocycles. The van der Waals surface area contributed by atoms with Gasteiger partial charge in [-0.2, -0.15) is 0 Å². The maximum atomic E-state index is 6.17. The van der Waals surface area contributed by atoms with Crippen molar-refractivity contribution in [1.29, 1.82) is 0 Å². The zero-order valence-corrected chi connectivity index (χ0v) is 11.0. The fourth-order valence-corrected chi connectivity index (χ4v) is 2.53. The van der Waals surface area contributed by atoms with Crippen molar-refractivity contribution in [3.63, 3.8) is 0 Å². The number of likely N-dealkylation sites (N-methyl/N-ethyl adjacent to an activating group) is 1. The van der Waals surface area contributed by atoms with E-state index in [-0.39, 0.29) is 0 Å². The van der Waals surface area contributed by atoms with Gasteiger partial charge >= 0.3 is 0 Å². The van der Waals surface area contributed by atoms with E-state index < -0.39 is 0 Å². The summed E-state index contributed by atoms with van der Waals surface area (Å²) < 4.78 is 0. The van der Waals surface area contributed by atoms with E-state index in [0.717, 1.165) is 25.5 Å². The zero-order chi connectivity index (χ0) is 12.1. The van der Waals surface area contributed by atoms with Crippen LogP contribution in [-0.4, -0.2) is 35.6 Å². The Kier molecular flexibility index (Phi) is 4.57. The third-order valence-corrected chi connectivity index (χ3v) is 3.44. The third-order valence-electron chi connectivity index (χ3n) is 3.18. The van der Waals surface area contributed by atoms with Crippen LogP contribution in [0.3, 0.4) is 0 Å². The minimum absolute atomic E-state index is 0.496. The molecule has 0 saturated carbocycles. The summed E-state index contributed by atoms with van der Waals surface area (Å²) >= 11 is 6.17. The molecule has 1 aliphatic rings. The van der Waals surface area contributed by atoms with Crippen molar-refractivity contribution in [3.8, 4) is 0 Å². The third kappa shape index (κ3) is 3.07. The minimum Gasteiger partial charge on any atom is -0.351 e. The number of nitrogens with zero attached hydrogens (tertiary/aromatic N) is 3. The van der Waals surface area contributed by atoms with E-state index in [4.69, 9.17) is 11.6 Å². The van der Waals surface area contributed by atoms with Crippen LogP contribution in [0, 0.1) is 0 Å². The normalized spacial score (nSPS) is 20.6. The highest BCUT2D eigenvalue weighted by Gasteiger charge is 2.24. The summed E-state index contributed by atoms with van der Waals surface area (Å²) in [5.74, 6) is 0.879. The summed E-state index contributed by atoms with van der Waals surface area (Å²) in [7, 11) is 0.